The Morgan fingerprint density at radius 1 is 0.972 bits per heavy atom. The highest BCUT2D eigenvalue weighted by Gasteiger charge is 2.24. The monoisotopic (exact) mass is 487 g/mol. The first-order valence-electron chi connectivity index (χ1n) is 12.3. The average molecular weight is 488 g/mol. The summed E-state index contributed by atoms with van der Waals surface area (Å²) in [5.41, 5.74) is 4.41. The highest BCUT2D eigenvalue weighted by atomic mass is 19.1. The van der Waals surface area contributed by atoms with Gasteiger partial charge in [0.1, 0.15) is 11.5 Å². The zero-order valence-corrected chi connectivity index (χ0v) is 20.9. The lowest BCUT2D eigenvalue weighted by atomic mass is 10.0. The van der Waals surface area contributed by atoms with E-state index in [4.69, 9.17) is 0 Å². The van der Waals surface area contributed by atoms with Crippen molar-refractivity contribution in [3.05, 3.63) is 87.6 Å². The molecule has 0 unspecified atom stereocenters. The number of halogens is 1. The molecule has 0 atom stereocenters. The largest absolute Gasteiger partial charge is 0.368 e. The van der Waals surface area contributed by atoms with Gasteiger partial charge in [-0.15, -0.1) is 0 Å². The average Bonchev–Trinajstić information content (AvgIpc) is 3.25. The fourth-order valence-corrected chi connectivity index (χ4v) is 5.20. The van der Waals surface area contributed by atoms with Gasteiger partial charge in [-0.05, 0) is 56.2 Å². The van der Waals surface area contributed by atoms with E-state index in [0.29, 0.717) is 36.4 Å². The molecule has 186 valence electrons. The van der Waals surface area contributed by atoms with Crippen LogP contribution in [0.2, 0.25) is 0 Å². The molecule has 8 heteroatoms. The summed E-state index contributed by atoms with van der Waals surface area (Å²) in [6.07, 6.45) is 0.654. The zero-order valence-electron chi connectivity index (χ0n) is 20.9. The number of carbonyl (C=O) groups excluding carboxylic acids is 1. The van der Waals surface area contributed by atoms with Gasteiger partial charge in [0.15, 0.2) is 0 Å². The molecule has 7 nitrogen and oxygen atoms in total. The Labute approximate surface area is 209 Å². The number of anilines is 1. The van der Waals surface area contributed by atoms with Crippen molar-refractivity contribution in [2.75, 3.05) is 31.1 Å². The van der Waals surface area contributed by atoms with Crippen LogP contribution in [0.4, 0.5) is 10.1 Å². The van der Waals surface area contributed by atoms with Gasteiger partial charge in [0.05, 0.1) is 11.4 Å². The number of hydrogen-bond acceptors (Lipinski definition) is 4. The molecule has 3 heterocycles. The van der Waals surface area contributed by atoms with Crippen LogP contribution in [0.1, 0.15) is 23.2 Å². The third-order valence-corrected chi connectivity index (χ3v) is 7.14. The molecule has 1 aliphatic rings. The minimum absolute atomic E-state index is 0.0661. The standard InChI is InChI=1S/C28H30FN5O2/c1-19-24(12-13-25(35)33-16-14-32(15-17-33)22-9-5-4-6-10-22)28(36)31(3)27-26(19)20(2)30-34(27)23-11-7-8-21(29)18-23/h4-11,18H,12-17H2,1-3H3. The van der Waals surface area contributed by atoms with Gasteiger partial charge in [-0.25, -0.2) is 9.07 Å². The van der Waals surface area contributed by atoms with Crippen molar-refractivity contribution < 1.29 is 9.18 Å². The maximum atomic E-state index is 13.9. The smallest absolute Gasteiger partial charge is 0.255 e. The zero-order chi connectivity index (χ0) is 25.4. The molecule has 2 aromatic heterocycles. The molecule has 0 aliphatic carbocycles. The van der Waals surface area contributed by atoms with Crippen LogP contribution in [0.15, 0.2) is 59.4 Å². The second-order valence-corrected chi connectivity index (χ2v) is 9.35. The molecule has 4 aromatic rings. The van der Waals surface area contributed by atoms with Crippen molar-refractivity contribution >= 4 is 22.6 Å². The van der Waals surface area contributed by atoms with E-state index in [9.17, 15) is 14.0 Å². The summed E-state index contributed by atoms with van der Waals surface area (Å²) in [7, 11) is 1.70. The van der Waals surface area contributed by atoms with Gasteiger partial charge < -0.3 is 9.80 Å². The number of piperazine rings is 1. The van der Waals surface area contributed by atoms with Gasteiger partial charge in [-0.3, -0.25) is 14.2 Å². The van der Waals surface area contributed by atoms with Crippen molar-refractivity contribution in [1.29, 1.82) is 0 Å². The third kappa shape index (κ3) is 4.27. The van der Waals surface area contributed by atoms with E-state index in [2.05, 4.69) is 22.1 Å². The normalized spacial score (nSPS) is 14.0. The third-order valence-electron chi connectivity index (χ3n) is 7.14. The number of nitrogens with zero attached hydrogens (tertiary/aromatic N) is 5. The molecular formula is C28H30FN5O2. The molecule has 0 bridgehead atoms. The highest BCUT2D eigenvalue weighted by Crippen LogP contribution is 2.26. The van der Waals surface area contributed by atoms with E-state index < -0.39 is 0 Å². The van der Waals surface area contributed by atoms with Crippen LogP contribution in [0.5, 0.6) is 0 Å². The minimum atomic E-state index is -0.366. The quantitative estimate of drug-likeness (QED) is 0.430. The maximum Gasteiger partial charge on any atom is 0.255 e. The van der Waals surface area contributed by atoms with Gasteiger partial charge in [-0.1, -0.05) is 24.3 Å². The first-order chi connectivity index (χ1) is 17.3. The van der Waals surface area contributed by atoms with Crippen molar-refractivity contribution in [1.82, 2.24) is 19.2 Å². The topological polar surface area (TPSA) is 63.4 Å². The van der Waals surface area contributed by atoms with Crippen molar-refractivity contribution in [2.24, 2.45) is 7.05 Å². The number of benzene rings is 2. The van der Waals surface area contributed by atoms with Crippen LogP contribution in [0.25, 0.3) is 16.7 Å². The highest BCUT2D eigenvalue weighted by molar-refractivity contribution is 5.85. The summed E-state index contributed by atoms with van der Waals surface area (Å²) in [6.45, 7) is 6.72. The number of fused-ring (bicyclic) bond motifs is 1. The molecule has 1 amide bonds. The lowest BCUT2D eigenvalue weighted by Crippen LogP contribution is -2.48. The summed E-state index contributed by atoms with van der Waals surface area (Å²) in [4.78, 5) is 30.6. The van der Waals surface area contributed by atoms with Crippen LogP contribution in [-0.2, 0) is 18.3 Å². The van der Waals surface area contributed by atoms with Crippen molar-refractivity contribution in [3.63, 3.8) is 0 Å². The SMILES string of the molecule is Cc1nn(-c2cccc(F)c2)c2c1c(C)c(CCC(=O)N1CCN(c3ccccc3)CC1)c(=O)n2C. The van der Waals surface area contributed by atoms with E-state index in [1.807, 2.05) is 36.9 Å². The molecule has 5 rings (SSSR count). The second kappa shape index (κ2) is 9.60. The molecule has 36 heavy (non-hydrogen) atoms. The van der Waals surface area contributed by atoms with E-state index in [1.165, 1.54) is 17.8 Å². The molecular weight excluding hydrogens is 457 g/mol. The fraction of sp³-hybridized carbons (Fsp3) is 0.321. The van der Waals surface area contributed by atoms with Crippen LogP contribution in [0.3, 0.4) is 0 Å². The Balaban J connectivity index is 1.35. The number of pyridine rings is 1. The number of rotatable bonds is 5. The Morgan fingerprint density at radius 3 is 2.36 bits per heavy atom. The molecule has 0 spiro atoms. The Morgan fingerprint density at radius 2 is 1.67 bits per heavy atom. The number of carbonyl (C=O) groups is 1. The molecule has 0 N–H and O–H groups in total. The predicted octanol–water partition coefficient (Wildman–Crippen LogP) is 3.76. The van der Waals surface area contributed by atoms with Crippen LogP contribution in [-0.4, -0.2) is 51.3 Å². The molecule has 1 fully saturated rings. The van der Waals surface area contributed by atoms with E-state index >= 15 is 0 Å². The van der Waals surface area contributed by atoms with Gasteiger partial charge >= 0.3 is 0 Å². The van der Waals surface area contributed by atoms with E-state index in [1.54, 1.807) is 28.4 Å². The Kier molecular flexibility index (Phi) is 6.35. The predicted molar refractivity (Wildman–Crippen MR) is 139 cm³/mol. The number of hydrogen-bond donors (Lipinski definition) is 0. The second-order valence-electron chi connectivity index (χ2n) is 9.35. The molecule has 0 saturated carbocycles. The van der Waals surface area contributed by atoms with Gasteiger partial charge in [0.25, 0.3) is 5.56 Å². The van der Waals surface area contributed by atoms with Gasteiger partial charge in [0.2, 0.25) is 5.91 Å². The van der Waals surface area contributed by atoms with Crippen molar-refractivity contribution in [3.8, 4) is 5.69 Å². The summed E-state index contributed by atoms with van der Waals surface area (Å²) >= 11 is 0. The van der Waals surface area contributed by atoms with E-state index in [0.717, 1.165) is 29.7 Å². The number of para-hydroxylation sites is 1. The lowest BCUT2D eigenvalue weighted by Gasteiger charge is -2.36. The van der Waals surface area contributed by atoms with Crippen LogP contribution < -0.4 is 10.5 Å². The number of aryl methyl sites for hydroxylation is 3. The lowest BCUT2D eigenvalue weighted by molar-refractivity contribution is -0.131. The summed E-state index contributed by atoms with van der Waals surface area (Å²) in [5, 5.41) is 5.48. The van der Waals surface area contributed by atoms with Crippen molar-refractivity contribution in [2.45, 2.75) is 26.7 Å². The van der Waals surface area contributed by atoms with E-state index in [-0.39, 0.29) is 23.7 Å². The van der Waals surface area contributed by atoms with Gasteiger partial charge in [-0.2, -0.15) is 5.10 Å². The van der Waals surface area contributed by atoms with Crippen LogP contribution >= 0.6 is 0 Å². The molecule has 1 aliphatic heterocycles. The Hall–Kier alpha value is -3.94. The first-order valence-corrected chi connectivity index (χ1v) is 12.3. The fourth-order valence-electron chi connectivity index (χ4n) is 5.20. The maximum absolute atomic E-state index is 13.9. The molecule has 0 radical (unpaired) electrons. The number of amides is 1. The molecule has 1 saturated heterocycles. The summed E-state index contributed by atoms with van der Waals surface area (Å²) in [5.74, 6) is -0.299. The first kappa shape index (κ1) is 23.8. The summed E-state index contributed by atoms with van der Waals surface area (Å²) in [6, 6.07) is 16.4. The Bertz CT molecular complexity index is 1480. The summed E-state index contributed by atoms with van der Waals surface area (Å²) < 4.78 is 17.0. The van der Waals surface area contributed by atoms with Gasteiger partial charge in [0, 0.05) is 56.3 Å². The molecule has 2 aromatic carbocycles. The van der Waals surface area contributed by atoms with Crippen LogP contribution in [0, 0.1) is 19.7 Å². The number of aromatic nitrogens is 3. The minimum Gasteiger partial charge on any atom is -0.368 e.